The Balaban J connectivity index is 2.40. The summed E-state index contributed by atoms with van der Waals surface area (Å²) in [6.07, 6.45) is 2.30. The van der Waals surface area contributed by atoms with Crippen molar-refractivity contribution in [2.45, 2.75) is 25.3 Å². The monoisotopic (exact) mass is 245 g/mol. The molecule has 94 valence electrons. The van der Waals surface area contributed by atoms with Gasteiger partial charge in [-0.2, -0.15) is 0 Å². The van der Waals surface area contributed by atoms with E-state index in [0.29, 0.717) is 24.1 Å². The Morgan fingerprint density at radius 2 is 2.22 bits per heavy atom. The second kappa shape index (κ2) is 5.04. The lowest BCUT2D eigenvalue weighted by Crippen LogP contribution is -2.44. The molecule has 0 saturated carbocycles. The molecular formula is C14H15NO3. The summed E-state index contributed by atoms with van der Waals surface area (Å²) in [4.78, 5) is 24.7. The Kier molecular flexibility index (Phi) is 3.46. The van der Waals surface area contributed by atoms with Crippen LogP contribution in [0.1, 0.15) is 29.6 Å². The number of hydrogen-bond acceptors (Lipinski definition) is 2. The smallest absolute Gasteiger partial charge is 0.412 e. The third-order valence-electron chi connectivity index (χ3n) is 3.16. The fourth-order valence-electron chi connectivity index (χ4n) is 2.33. The van der Waals surface area contributed by atoms with Crippen LogP contribution in [-0.2, 0) is 0 Å². The van der Waals surface area contributed by atoms with E-state index in [-0.39, 0.29) is 18.2 Å². The zero-order valence-electron chi connectivity index (χ0n) is 10.0. The van der Waals surface area contributed by atoms with Crippen molar-refractivity contribution >= 4 is 17.6 Å². The summed E-state index contributed by atoms with van der Waals surface area (Å²) in [7, 11) is 0. The molecule has 0 fully saturated rings. The number of rotatable bonds is 3. The first-order chi connectivity index (χ1) is 8.65. The van der Waals surface area contributed by atoms with E-state index in [1.807, 2.05) is 0 Å². The van der Waals surface area contributed by atoms with E-state index < -0.39 is 6.09 Å². The van der Waals surface area contributed by atoms with Crippen molar-refractivity contribution in [3.05, 3.63) is 42.5 Å². The summed E-state index contributed by atoms with van der Waals surface area (Å²) in [6, 6.07) is 6.57. The number of fused-ring (bicyclic) bond motifs is 1. The summed E-state index contributed by atoms with van der Waals surface area (Å²) in [6.45, 7) is 3.63. The lowest BCUT2D eigenvalue weighted by molar-refractivity contribution is 0.0964. The average molecular weight is 245 g/mol. The quantitative estimate of drug-likeness (QED) is 0.832. The molecule has 0 radical (unpaired) electrons. The second-order valence-electron chi connectivity index (χ2n) is 4.32. The van der Waals surface area contributed by atoms with Gasteiger partial charge in [0.1, 0.15) is 0 Å². The number of nitrogens with zero attached hydrogens (tertiary/aromatic N) is 1. The van der Waals surface area contributed by atoms with Gasteiger partial charge in [-0.1, -0.05) is 18.2 Å². The molecule has 0 spiro atoms. The van der Waals surface area contributed by atoms with Gasteiger partial charge in [-0.25, -0.2) is 4.79 Å². The van der Waals surface area contributed by atoms with Gasteiger partial charge < -0.3 is 5.11 Å². The molecule has 4 nitrogen and oxygen atoms in total. The first-order valence-electron chi connectivity index (χ1n) is 5.90. The number of benzene rings is 1. The number of carboxylic acid groups (broad SMARTS) is 1. The van der Waals surface area contributed by atoms with E-state index in [1.165, 1.54) is 4.90 Å². The van der Waals surface area contributed by atoms with Gasteiger partial charge in [0.15, 0.2) is 5.78 Å². The molecule has 1 N–H and O–H groups in total. The highest BCUT2D eigenvalue weighted by atomic mass is 16.4. The number of Topliss-reactive ketones (excluding diaryl/α,β-unsaturated/α-hetero) is 1. The Morgan fingerprint density at radius 1 is 1.50 bits per heavy atom. The van der Waals surface area contributed by atoms with Crippen molar-refractivity contribution in [3.8, 4) is 0 Å². The molecule has 0 aliphatic carbocycles. The van der Waals surface area contributed by atoms with E-state index in [9.17, 15) is 14.7 Å². The maximum atomic E-state index is 12.0. The zero-order valence-corrected chi connectivity index (χ0v) is 10.0. The molecule has 0 saturated heterocycles. The summed E-state index contributed by atoms with van der Waals surface area (Å²) in [5, 5.41) is 9.33. The Bertz CT molecular complexity index is 496. The van der Waals surface area contributed by atoms with Crippen LogP contribution in [0.4, 0.5) is 10.5 Å². The van der Waals surface area contributed by atoms with Crippen LogP contribution in [0.5, 0.6) is 0 Å². The van der Waals surface area contributed by atoms with Gasteiger partial charge in [0, 0.05) is 18.0 Å². The average Bonchev–Trinajstić information content (AvgIpc) is 2.36. The van der Waals surface area contributed by atoms with Gasteiger partial charge >= 0.3 is 6.09 Å². The van der Waals surface area contributed by atoms with Crippen LogP contribution < -0.4 is 4.90 Å². The Labute approximate surface area is 106 Å². The highest BCUT2D eigenvalue weighted by molar-refractivity contribution is 6.07. The molecule has 1 heterocycles. The molecular weight excluding hydrogens is 230 g/mol. The topological polar surface area (TPSA) is 57.6 Å². The Morgan fingerprint density at radius 3 is 2.89 bits per heavy atom. The summed E-state index contributed by atoms with van der Waals surface area (Å²) < 4.78 is 0. The van der Waals surface area contributed by atoms with E-state index in [1.54, 1.807) is 30.3 Å². The number of carbonyl (C=O) groups excluding carboxylic acids is 1. The molecule has 0 bridgehead atoms. The van der Waals surface area contributed by atoms with E-state index in [4.69, 9.17) is 0 Å². The minimum Gasteiger partial charge on any atom is -0.465 e. The van der Waals surface area contributed by atoms with Gasteiger partial charge in [0.25, 0.3) is 0 Å². The number of hydrogen-bond donors (Lipinski definition) is 1. The van der Waals surface area contributed by atoms with Crippen LogP contribution in [0, 0.1) is 0 Å². The van der Waals surface area contributed by atoms with Gasteiger partial charge in [0.2, 0.25) is 0 Å². The van der Waals surface area contributed by atoms with Crippen molar-refractivity contribution in [3.63, 3.8) is 0 Å². The minimum absolute atomic E-state index is 0.0113. The number of amides is 1. The van der Waals surface area contributed by atoms with E-state index in [2.05, 4.69) is 6.58 Å². The molecule has 1 aliphatic rings. The first kappa shape index (κ1) is 12.4. The Hall–Kier alpha value is -2.10. The first-order valence-corrected chi connectivity index (χ1v) is 5.90. The maximum absolute atomic E-state index is 12.0. The van der Waals surface area contributed by atoms with Crippen molar-refractivity contribution in [1.29, 1.82) is 0 Å². The minimum atomic E-state index is -1.01. The standard InChI is InChI=1S/C14H15NO3/c1-2-3-6-10-9-13(16)11-7-4-5-8-12(11)15(10)14(17)18/h2,4-5,7-8,10H,1,3,6,9H2,(H,17,18). The summed E-state index contributed by atoms with van der Waals surface area (Å²) in [5.41, 5.74) is 0.991. The fraction of sp³-hybridized carbons (Fsp3) is 0.286. The highest BCUT2D eigenvalue weighted by Gasteiger charge is 2.34. The summed E-state index contributed by atoms with van der Waals surface area (Å²) in [5.74, 6) is 0.0113. The van der Waals surface area contributed by atoms with E-state index in [0.717, 1.165) is 0 Å². The fourth-order valence-corrected chi connectivity index (χ4v) is 2.33. The third kappa shape index (κ3) is 2.14. The number of ketones is 1. The van der Waals surface area contributed by atoms with Crippen LogP contribution >= 0.6 is 0 Å². The third-order valence-corrected chi connectivity index (χ3v) is 3.16. The molecule has 4 heteroatoms. The molecule has 0 aromatic heterocycles. The van der Waals surface area contributed by atoms with Gasteiger partial charge in [0.05, 0.1) is 5.69 Å². The van der Waals surface area contributed by atoms with Gasteiger partial charge in [-0.15, -0.1) is 6.58 Å². The summed E-state index contributed by atoms with van der Waals surface area (Å²) >= 11 is 0. The molecule has 1 amide bonds. The zero-order chi connectivity index (χ0) is 13.1. The molecule has 1 atom stereocenters. The van der Waals surface area contributed by atoms with Crippen molar-refractivity contribution in [1.82, 2.24) is 0 Å². The molecule has 1 aromatic carbocycles. The SMILES string of the molecule is C=CCCC1CC(=O)c2ccccc2N1C(=O)O. The van der Waals surface area contributed by atoms with Crippen molar-refractivity contribution in [2.75, 3.05) is 4.90 Å². The molecule has 1 aromatic rings. The van der Waals surface area contributed by atoms with E-state index >= 15 is 0 Å². The number of allylic oxidation sites excluding steroid dienone is 1. The van der Waals surface area contributed by atoms with Crippen LogP contribution in [0.15, 0.2) is 36.9 Å². The molecule has 2 rings (SSSR count). The lowest BCUT2D eigenvalue weighted by atomic mass is 9.92. The lowest BCUT2D eigenvalue weighted by Gasteiger charge is -2.34. The molecule has 1 aliphatic heterocycles. The number of para-hydroxylation sites is 1. The predicted octanol–water partition coefficient (Wildman–Crippen LogP) is 3.09. The van der Waals surface area contributed by atoms with Crippen LogP contribution in [0.2, 0.25) is 0 Å². The predicted molar refractivity (Wildman–Crippen MR) is 69.1 cm³/mol. The largest absolute Gasteiger partial charge is 0.465 e. The molecule has 1 unspecified atom stereocenters. The number of carbonyl (C=O) groups is 2. The second-order valence-corrected chi connectivity index (χ2v) is 4.32. The van der Waals surface area contributed by atoms with Crippen LogP contribution in [0.3, 0.4) is 0 Å². The normalized spacial score (nSPS) is 18.3. The van der Waals surface area contributed by atoms with Crippen molar-refractivity contribution in [2.24, 2.45) is 0 Å². The van der Waals surface area contributed by atoms with Gasteiger partial charge in [-0.05, 0) is 25.0 Å². The van der Waals surface area contributed by atoms with Crippen molar-refractivity contribution < 1.29 is 14.7 Å². The van der Waals surface area contributed by atoms with Crippen LogP contribution in [-0.4, -0.2) is 23.0 Å². The maximum Gasteiger partial charge on any atom is 0.412 e. The van der Waals surface area contributed by atoms with Crippen LogP contribution in [0.25, 0.3) is 0 Å². The molecule has 18 heavy (non-hydrogen) atoms. The van der Waals surface area contributed by atoms with Gasteiger partial charge in [-0.3, -0.25) is 9.69 Å². The number of anilines is 1. The highest BCUT2D eigenvalue weighted by Crippen LogP contribution is 2.32.